The van der Waals surface area contributed by atoms with E-state index in [1.807, 2.05) is 24.3 Å². The molecule has 0 spiro atoms. The average molecular weight is 322 g/mol. The van der Waals surface area contributed by atoms with Crippen molar-refractivity contribution < 1.29 is 4.74 Å². The van der Waals surface area contributed by atoms with E-state index < -0.39 is 0 Å². The summed E-state index contributed by atoms with van der Waals surface area (Å²) in [7, 11) is 0. The highest BCUT2D eigenvalue weighted by Crippen LogP contribution is 2.26. The Balaban J connectivity index is 2.58. The van der Waals surface area contributed by atoms with E-state index in [2.05, 4.69) is 45.7 Å². The zero-order valence-electron chi connectivity index (χ0n) is 8.39. The van der Waals surface area contributed by atoms with Crippen LogP contribution in [-0.4, -0.2) is 11.9 Å². The molecule has 0 fully saturated rings. The summed E-state index contributed by atoms with van der Waals surface area (Å²) < 4.78 is 6.72. The quantitative estimate of drug-likeness (QED) is 0.753. The maximum Gasteiger partial charge on any atom is 0.133 e. The van der Waals surface area contributed by atoms with Gasteiger partial charge in [-0.25, -0.2) is 0 Å². The summed E-state index contributed by atoms with van der Waals surface area (Å²) in [5.74, 6) is 0.904. The van der Waals surface area contributed by atoms with Crippen molar-refractivity contribution in [3.63, 3.8) is 0 Å². The van der Waals surface area contributed by atoms with Gasteiger partial charge in [-0.2, -0.15) is 0 Å². The maximum absolute atomic E-state index is 5.72. The maximum atomic E-state index is 5.72. The summed E-state index contributed by atoms with van der Waals surface area (Å²) in [4.78, 5) is 0. The van der Waals surface area contributed by atoms with Crippen molar-refractivity contribution in [2.45, 2.75) is 13.8 Å². The minimum absolute atomic E-state index is 0.162. The number of para-hydroxylation sites is 1. The molecule has 1 aromatic carbocycles. The van der Waals surface area contributed by atoms with Gasteiger partial charge in [0.2, 0.25) is 0 Å². The lowest BCUT2D eigenvalue weighted by molar-refractivity contribution is 0.202. The average Bonchev–Trinajstić information content (AvgIpc) is 2.17. The molecule has 0 saturated carbocycles. The van der Waals surface area contributed by atoms with Crippen LogP contribution in [0.5, 0.6) is 5.75 Å². The molecule has 0 atom stereocenters. The summed E-state index contributed by atoms with van der Waals surface area (Å²) in [5, 5.41) is 0.935. The summed E-state index contributed by atoms with van der Waals surface area (Å²) in [6.07, 6.45) is 0. The SMILES string of the molecule is CC(C)(CBr)COc1ccccc1Br. The largest absolute Gasteiger partial charge is 0.492 e. The number of alkyl halides is 1. The van der Waals surface area contributed by atoms with E-state index in [0.717, 1.165) is 15.6 Å². The fourth-order valence-corrected chi connectivity index (χ4v) is 1.43. The van der Waals surface area contributed by atoms with Gasteiger partial charge in [0.1, 0.15) is 5.75 Å². The standard InChI is InChI=1S/C11H14Br2O/c1-11(2,7-12)8-14-10-6-4-3-5-9(10)13/h3-6H,7-8H2,1-2H3. The summed E-state index contributed by atoms with van der Waals surface area (Å²) in [5.41, 5.74) is 0.162. The molecular formula is C11H14Br2O. The Bertz CT molecular complexity index is 297. The molecule has 0 radical (unpaired) electrons. The molecule has 1 nitrogen and oxygen atoms in total. The first-order valence-electron chi connectivity index (χ1n) is 4.48. The van der Waals surface area contributed by atoms with Crippen LogP contribution in [0.25, 0.3) is 0 Å². The van der Waals surface area contributed by atoms with Gasteiger partial charge in [-0.1, -0.05) is 41.9 Å². The lowest BCUT2D eigenvalue weighted by Crippen LogP contribution is -2.22. The van der Waals surface area contributed by atoms with Crippen molar-refractivity contribution >= 4 is 31.9 Å². The molecule has 1 aromatic rings. The van der Waals surface area contributed by atoms with Gasteiger partial charge in [-0.05, 0) is 28.1 Å². The Labute approximate surface area is 102 Å². The van der Waals surface area contributed by atoms with E-state index in [1.54, 1.807) is 0 Å². The van der Waals surface area contributed by atoms with Crippen LogP contribution in [0, 0.1) is 5.41 Å². The molecule has 0 amide bonds. The van der Waals surface area contributed by atoms with Gasteiger partial charge in [-0.3, -0.25) is 0 Å². The normalized spacial score (nSPS) is 11.4. The van der Waals surface area contributed by atoms with Gasteiger partial charge < -0.3 is 4.74 Å². The van der Waals surface area contributed by atoms with Gasteiger partial charge in [0.05, 0.1) is 11.1 Å². The van der Waals surface area contributed by atoms with E-state index in [4.69, 9.17) is 4.74 Å². The first-order chi connectivity index (χ1) is 6.55. The van der Waals surface area contributed by atoms with Crippen LogP contribution in [0.3, 0.4) is 0 Å². The van der Waals surface area contributed by atoms with Gasteiger partial charge in [0, 0.05) is 10.7 Å². The molecule has 0 aromatic heterocycles. The third-order valence-electron chi connectivity index (χ3n) is 1.82. The second-order valence-electron chi connectivity index (χ2n) is 4.02. The van der Waals surface area contributed by atoms with Crippen molar-refractivity contribution in [3.05, 3.63) is 28.7 Å². The highest BCUT2D eigenvalue weighted by molar-refractivity contribution is 9.10. The Morgan fingerprint density at radius 2 is 1.93 bits per heavy atom. The summed E-state index contributed by atoms with van der Waals surface area (Å²) in [6.45, 7) is 5.04. The topological polar surface area (TPSA) is 9.23 Å². The van der Waals surface area contributed by atoms with Crippen LogP contribution >= 0.6 is 31.9 Å². The van der Waals surface area contributed by atoms with Crippen molar-refractivity contribution in [1.29, 1.82) is 0 Å². The van der Waals surface area contributed by atoms with Crippen molar-refractivity contribution in [2.24, 2.45) is 5.41 Å². The van der Waals surface area contributed by atoms with Crippen LogP contribution in [0.15, 0.2) is 28.7 Å². The lowest BCUT2D eigenvalue weighted by atomic mass is 9.98. The minimum atomic E-state index is 0.162. The molecule has 78 valence electrons. The lowest BCUT2D eigenvalue weighted by Gasteiger charge is -2.22. The second kappa shape index (κ2) is 5.17. The number of benzene rings is 1. The van der Waals surface area contributed by atoms with Crippen LogP contribution in [0.4, 0.5) is 0 Å². The van der Waals surface area contributed by atoms with Crippen molar-refractivity contribution in [1.82, 2.24) is 0 Å². The molecule has 0 saturated heterocycles. The van der Waals surface area contributed by atoms with Gasteiger partial charge >= 0.3 is 0 Å². The Morgan fingerprint density at radius 1 is 1.29 bits per heavy atom. The number of hydrogen-bond donors (Lipinski definition) is 0. The van der Waals surface area contributed by atoms with Crippen molar-refractivity contribution in [2.75, 3.05) is 11.9 Å². The van der Waals surface area contributed by atoms with E-state index in [-0.39, 0.29) is 5.41 Å². The summed E-state index contributed by atoms with van der Waals surface area (Å²) in [6, 6.07) is 7.90. The van der Waals surface area contributed by atoms with Crippen LogP contribution in [0.2, 0.25) is 0 Å². The highest BCUT2D eigenvalue weighted by atomic mass is 79.9. The smallest absolute Gasteiger partial charge is 0.133 e. The molecule has 0 bridgehead atoms. The monoisotopic (exact) mass is 320 g/mol. The Kier molecular flexibility index (Phi) is 4.45. The number of ether oxygens (including phenoxy) is 1. The fraction of sp³-hybridized carbons (Fsp3) is 0.455. The molecule has 0 aliphatic carbocycles. The molecule has 0 aliphatic rings. The molecule has 14 heavy (non-hydrogen) atoms. The molecule has 0 aliphatic heterocycles. The number of hydrogen-bond acceptors (Lipinski definition) is 1. The first kappa shape index (κ1) is 12.1. The van der Waals surface area contributed by atoms with E-state index in [1.165, 1.54) is 0 Å². The highest BCUT2D eigenvalue weighted by Gasteiger charge is 2.17. The zero-order chi connectivity index (χ0) is 10.6. The second-order valence-corrected chi connectivity index (χ2v) is 5.43. The minimum Gasteiger partial charge on any atom is -0.492 e. The van der Waals surface area contributed by atoms with E-state index in [9.17, 15) is 0 Å². The molecular weight excluding hydrogens is 308 g/mol. The zero-order valence-corrected chi connectivity index (χ0v) is 11.6. The van der Waals surface area contributed by atoms with Crippen LogP contribution in [-0.2, 0) is 0 Å². The third-order valence-corrected chi connectivity index (χ3v) is 3.99. The molecule has 0 N–H and O–H groups in total. The number of halogens is 2. The van der Waals surface area contributed by atoms with E-state index in [0.29, 0.717) is 6.61 Å². The Morgan fingerprint density at radius 3 is 2.50 bits per heavy atom. The van der Waals surface area contributed by atoms with Gasteiger partial charge in [0.15, 0.2) is 0 Å². The van der Waals surface area contributed by atoms with E-state index >= 15 is 0 Å². The van der Waals surface area contributed by atoms with Crippen LogP contribution < -0.4 is 4.74 Å². The molecule has 1 rings (SSSR count). The predicted molar refractivity (Wildman–Crippen MR) is 67.2 cm³/mol. The van der Waals surface area contributed by atoms with Crippen molar-refractivity contribution in [3.8, 4) is 5.75 Å². The summed E-state index contributed by atoms with van der Waals surface area (Å²) >= 11 is 6.92. The molecule has 0 unspecified atom stereocenters. The number of rotatable bonds is 4. The third kappa shape index (κ3) is 3.62. The fourth-order valence-electron chi connectivity index (χ4n) is 0.873. The Hall–Kier alpha value is -0.0200. The van der Waals surface area contributed by atoms with Gasteiger partial charge in [0.25, 0.3) is 0 Å². The molecule has 3 heteroatoms. The van der Waals surface area contributed by atoms with Gasteiger partial charge in [-0.15, -0.1) is 0 Å². The molecule has 0 heterocycles. The van der Waals surface area contributed by atoms with Crippen LogP contribution in [0.1, 0.15) is 13.8 Å². The predicted octanol–water partition coefficient (Wildman–Crippen LogP) is 4.25. The first-order valence-corrected chi connectivity index (χ1v) is 6.40.